The van der Waals surface area contributed by atoms with Crippen LogP contribution in [0.15, 0.2) is 47.4 Å². The van der Waals surface area contributed by atoms with Crippen LogP contribution in [0.5, 0.6) is 5.75 Å². The number of halogens is 1. The maximum Gasteiger partial charge on any atom is 0.319 e. The quantitative estimate of drug-likeness (QED) is 0.464. The molecule has 10 nitrogen and oxygen atoms in total. The van der Waals surface area contributed by atoms with Crippen molar-refractivity contribution in [1.29, 1.82) is 0 Å². The Morgan fingerprint density at radius 3 is 2.47 bits per heavy atom. The van der Waals surface area contributed by atoms with Gasteiger partial charge in [0.2, 0.25) is 10.0 Å². The number of hydrogen-bond donors (Lipinski definition) is 3. The third kappa shape index (κ3) is 6.80. The summed E-state index contributed by atoms with van der Waals surface area (Å²) in [6, 6.07) is 8.18. The molecule has 3 amide bonds. The van der Waals surface area contributed by atoms with Crippen LogP contribution >= 0.6 is 0 Å². The minimum atomic E-state index is -3.94. The highest BCUT2D eigenvalue weighted by atomic mass is 32.2. The molecule has 38 heavy (non-hydrogen) atoms. The van der Waals surface area contributed by atoms with Gasteiger partial charge in [-0.05, 0) is 63.2 Å². The molecule has 0 aromatic heterocycles. The van der Waals surface area contributed by atoms with Gasteiger partial charge in [0.05, 0.1) is 29.7 Å². The van der Waals surface area contributed by atoms with Gasteiger partial charge >= 0.3 is 6.03 Å². The molecule has 0 aliphatic carbocycles. The lowest BCUT2D eigenvalue weighted by molar-refractivity contribution is 0.0387. The van der Waals surface area contributed by atoms with Gasteiger partial charge in [-0.3, -0.25) is 4.79 Å². The van der Waals surface area contributed by atoms with Gasteiger partial charge in [0.15, 0.2) is 0 Å². The highest BCUT2D eigenvalue weighted by Crippen LogP contribution is 2.31. The van der Waals surface area contributed by atoms with E-state index < -0.39 is 34.0 Å². The summed E-state index contributed by atoms with van der Waals surface area (Å²) in [5, 5.41) is 15.2. The first-order valence-electron chi connectivity index (χ1n) is 12.4. The Bertz CT molecular complexity index is 1250. The van der Waals surface area contributed by atoms with E-state index in [1.165, 1.54) is 30.1 Å². The topological polar surface area (TPSA) is 128 Å². The molecule has 2 aromatic carbocycles. The molecule has 3 atom stereocenters. The van der Waals surface area contributed by atoms with Gasteiger partial charge in [0.25, 0.3) is 5.91 Å². The van der Waals surface area contributed by atoms with E-state index in [2.05, 4.69) is 10.6 Å². The number of carbonyl (C=O) groups excluding carboxylic acids is 2. The van der Waals surface area contributed by atoms with E-state index >= 15 is 0 Å². The molecule has 0 saturated carbocycles. The van der Waals surface area contributed by atoms with Gasteiger partial charge < -0.3 is 25.4 Å². The van der Waals surface area contributed by atoms with Crippen molar-refractivity contribution >= 4 is 27.6 Å². The van der Waals surface area contributed by atoms with Gasteiger partial charge in [-0.25, -0.2) is 17.6 Å². The van der Waals surface area contributed by atoms with Gasteiger partial charge in [-0.15, -0.1) is 0 Å². The third-order valence-electron chi connectivity index (χ3n) is 6.30. The van der Waals surface area contributed by atoms with Gasteiger partial charge in [0.1, 0.15) is 17.7 Å². The number of likely N-dealkylation sites (N-methyl/N-ethyl adjacent to an activating group) is 1. The molecule has 2 aromatic rings. The van der Waals surface area contributed by atoms with Crippen LogP contribution in [0.1, 0.15) is 38.1 Å². The monoisotopic (exact) mass is 550 g/mol. The van der Waals surface area contributed by atoms with Crippen LogP contribution in [0.25, 0.3) is 0 Å². The van der Waals surface area contributed by atoms with Crippen LogP contribution in [-0.2, 0) is 10.0 Å². The molecule has 1 aliphatic rings. The Balaban J connectivity index is 1.94. The van der Waals surface area contributed by atoms with E-state index in [-0.39, 0.29) is 53.8 Å². The highest BCUT2D eigenvalue weighted by molar-refractivity contribution is 7.89. The first-order chi connectivity index (χ1) is 17.8. The number of fused-ring (bicyclic) bond motifs is 1. The van der Waals surface area contributed by atoms with Crippen molar-refractivity contribution in [1.82, 2.24) is 14.5 Å². The van der Waals surface area contributed by atoms with Crippen LogP contribution in [-0.4, -0.2) is 79.6 Å². The number of carbonyl (C=O) groups is 2. The lowest BCUT2D eigenvalue weighted by atomic mass is 9.99. The van der Waals surface area contributed by atoms with Crippen molar-refractivity contribution in [3.05, 3.63) is 53.8 Å². The Morgan fingerprint density at radius 1 is 1.21 bits per heavy atom. The fourth-order valence-electron chi connectivity index (χ4n) is 4.09. The zero-order valence-corrected chi connectivity index (χ0v) is 23.0. The van der Waals surface area contributed by atoms with E-state index in [4.69, 9.17) is 4.74 Å². The number of urea groups is 1. The first-order valence-corrected chi connectivity index (χ1v) is 13.8. The summed E-state index contributed by atoms with van der Waals surface area (Å²) in [7, 11) is -2.53. The molecule has 1 aliphatic heterocycles. The number of aliphatic hydroxyl groups excluding tert-OH is 1. The molecule has 3 N–H and O–H groups in total. The summed E-state index contributed by atoms with van der Waals surface area (Å²) in [5.41, 5.74) is 0.547. The van der Waals surface area contributed by atoms with Crippen molar-refractivity contribution in [3.8, 4) is 5.75 Å². The number of sulfonamides is 1. The summed E-state index contributed by atoms with van der Waals surface area (Å²) < 4.78 is 46.9. The average Bonchev–Trinajstić information content (AvgIpc) is 2.85. The summed E-state index contributed by atoms with van der Waals surface area (Å²) in [6.07, 6.45) is -0.668. The maximum atomic E-state index is 13.5. The second kappa shape index (κ2) is 12.1. The molecular formula is C26H35FN4O6S. The summed E-state index contributed by atoms with van der Waals surface area (Å²) in [5.74, 6) is -1.02. The maximum absolute atomic E-state index is 13.5. The fraction of sp³-hybridized carbons (Fsp3) is 0.462. The molecule has 208 valence electrons. The molecule has 3 rings (SSSR count). The number of amides is 3. The smallest absolute Gasteiger partial charge is 0.319 e. The molecular weight excluding hydrogens is 515 g/mol. The molecule has 0 radical (unpaired) electrons. The average molecular weight is 551 g/mol. The Labute approximate surface area is 222 Å². The summed E-state index contributed by atoms with van der Waals surface area (Å²) in [6.45, 7) is 7.07. The van der Waals surface area contributed by atoms with E-state index in [9.17, 15) is 27.5 Å². The van der Waals surface area contributed by atoms with Gasteiger partial charge in [0, 0.05) is 31.2 Å². The second-order valence-corrected chi connectivity index (χ2v) is 11.9. The third-order valence-corrected chi connectivity index (χ3v) is 8.14. The van der Waals surface area contributed by atoms with E-state index in [0.717, 1.165) is 16.4 Å². The zero-order valence-electron chi connectivity index (χ0n) is 22.1. The van der Waals surface area contributed by atoms with Crippen LogP contribution in [0.3, 0.4) is 0 Å². The number of aliphatic hydroxyl groups is 1. The van der Waals surface area contributed by atoms with Crippen LogP contribution in [0.4, 0.5) is 14.9 Å². The minimum Gasteiger partial charge on any atom is -0.488 e. The fourth-order valence-corrected chi connectivity index (χ4v) is 5.27. The standard InChI is InChI=1S/C26H35FN4O6S/c1-16(2)28-26(34)29-20-8-11-23-22(12-20)25(33)31(18(4)15-32)13-17(3)24(37-23)14-30(5)38(35,36)21-9-6-19(27)7-10-21/h6-12,16-18,24,32H,13-15H2,1-5H3,(H2,28,29,34)/t17-,18-,24-/m1/s1. The lowest BCUT2D eigenvalue weighted by Crippen LogP contribution is -2.50. The lowest BCUT2D eigenvalue weighted by Gasteiger charge is -2.38. The molecule has 12 heteroatoms. The molecule has 1 heterocycles. The Kier molecular flexibility index (Phi) is 9.34. The Morgan fingerprint density at radius 2 is 1.87 bits per heavy atom. The number of ether oxygens (including phenoxy) is 1. The summed E-state index contributed by atoms with van der Waals surface area (Å²) in [4.78, 5) is 27.2. The number of hydrogen-bond acceptors (Lipinski definition) is 6. The zero-order chi connectivity index (χ0) is 28.2. The van der Waals surface area contributed by atoms with Crippen LogP contribution in [0.2, 0.25) is 0 Å². The normalized spacial score (nSPS) is 18.9. The number of benzene rings is 2. The number of nitrogens with one attached hydrogen (secondary N) is 2. The predicted molar refractivity (Wildman–Crippen MR) is 141 cm³/mol. The number of nitrogens with zero attached hydrogens (tertiary/aromatic N) is 2. The first kappa shape index (κ1) is 29.3. The molecule has 0 bridgehead atoms. The van der Waals surface area contributed by atoms with Crippen molar-refractivity contribution in [3.63, 3.8) is 0 Å². The highest BCUT2D eigenvalue weighted by Gasteiger charge is 2.35. The minimum absolute atomic E-state index is 0.0490. The Hall–Kier alpha value is -3.22. The van der Waals surface area contributed by atoms with Crippen LogP contribution in [0, 0.1) is 11.7 Å². The number of rotatable bonds is 8. The van der Waals surface area contributed by atoms with Crippen molar-refractivity contribution < 1.29 is 32.2 Å². The van der Waals surface area contributed by atoms with E-state index in [1.807, 2.05) is 20.8 Å². The van der Waals surface area contributed by atoms with Crippen molar-refractivity contribution in [2.75, 3.05) is 32.1 Å². The molecule has 0 saturated heterocycles. The van der Waals surface area contributed by atoms with Crippen molar-refractivity contribution in [2.45, 2.75) is 50.8 Å². The SMILES string of the molecule is CC(C)NC(=O)Nc1ccc2c(c1)C(=O)N([C@H](C)CO)C[C@@H](C)[C@@H](CN(C)S(=O)(=O)c1ccc(F)cc1)O2. The summed E-state index contributed by atoms with van der Waals surface area (Å²) >= 11 is 0. The largest absolute Gasteiger partial charge is 0.488 e. The van der Waals surface area contributed by atoms with Gasteiger partial charge in [-0.2, -0.15) is 4.31 Å². The van der Waals surface area contributed by atoms with Crippen molar-refractivity contribution in [2.24, 2.45) is 5.92 Å². The number of anilines is 1. The van der Waals surface area contributed by atoms with Gasteiger partial charge in [-0.1, -0.05) is 6.92 Å². The predicted octanol–water partition coefficient (Wildman–Crippen LogP) is 2.90. The van der Waals surface area contributed by atoms with E-state index in [1.54, 1.807) is 19.1 Å². The van der Waals surface area contributed by atoms with Crippen LogP contribution < -0.4 is 15.4 Å². The van der Waals surface area contributed by atoms with E-state index in [0.29, 0.717) is 5.69 Å². The molecule has 0 fully saturated rings. The second-order valence-electron chi connectivity index (χ2n) is 9.83. The molecule has 0 spiro atoms. The molecule has 0 unspecified atom stereocenters.